The third kappa shape index (κ3) is 5.31. The Morgan fingerprint density at radius 2 is 1.90 bits per heavy atom. The van der Waals surface area contributed by atoms with Crippen LogP contribution in [-0.2, 0) is 13.2 Å². The summed E-state index contributed by atoms with van der Waals surface area (Å²) in [6.07, 6.45) is 1.58. The molecule has 2 aromatic carbocycles. The van der Waals surface area contributed by atoms with Crippen molar-refractivity contribution in [3.8, 4) is 5.75 Å². The summed E-state index contributed by atoms with van der Waals surface area (Å²) in [5.74, 6) is 0.895. The van der Waals surface area contributed by atoms with Crippen molar-refractivity contribution in [2.45, 2.75) is 27.0 Å². The van der Waals surface area contributed by atoms with E-state index in [1.54, 1.807) is 11.0 Å². The Morgan fingerprint density at radius 3 is 2.68 bits per heavy atom. The van der Waals surface area contributed by atoms with Gasteiger partial charge in [0.05, 0.1) is 11.4 Å². The molecule has 2 aromatic heterocycles. The van der Waals surface area contributed by atoms with Gasteiger partial charge in [-0.3, -0.25) is 10.1 Å². The lowest BCUT2D eigenvalue weighted by Gasteiger charge is -2.10. The molecule has 31 heavy (non-hydrogen) atoms. The SMILES string of the molecule is Cc1cccc(C)c1OCc1csc(C(=O)Nc2ncn(Cc3cccc(Cl)c3)n2)c1. The Labute approximate surface area is 189 Å². The highest BCUT2D eigenvalue weighted by Crippen LogP contribution is 2.24. The Hall–Kier alpha value is -3.16. The largest absolute Gasteiger partial charge is 0.488 e. The molecule has 8 heteroatoms. The number of rotatable bonds is 7. The number of hydrogen-bond acceptors (Lipinski definition) is 5. The van der Waals surface area contributed by atoms with E-state index in [4.69, 9.17) is 16.3 Å². The van der Waals surface area contributed by atoms with Gasteiger partial charge < -0.3 is 4.74 Å². The first-order valence-electron chi connectivity index (χ1n) is 9.69. The molecule has 0 fully saturated rings. The third-order valence-electron chi connectivity index (χ3n) is 4.66. The van der Waals surface area contributed by atoms with E-state index in [0.717, 1.165) is 28.0 Å². The Balaban J connectivity index is 1.35. The van der Waals surface area contributed by atoms with Gasteiger partial charge >= 0.3 is 0 Å². The Kier molecular flexibility index (Phi) is 6.34. The van der Waals surface area contributed by atoms with Crippen LogP contribution in [0.3, 0.4) is 0 Å². The molecule has 0 aliphatic rings. The number of halogens is 1. The Morgan fingerprint density at radius 1 is 1.13 bits per heavy atom. The number of benzene rings is 2. The van der Waals surface area contributed by atoms with E-state index in [9.17, 15) is 4.79 Å². The molecule has 0 spiro atoms. The molecule has 6 nitrogen and oxygen atoms in total. The number of carbonyl (C=O) groups is 1. The molecule has 1 amide bonds. The fourth-order valence-corrected chi connectivity index (χ4v) is 4.17. The molecule has 2 heterocycles. The van der Waals surface area contributed by atoms with Crippen molar-refractivity contribution in [2.75, 3.05) is 5.32 Å². The number of nitrogens with one attached hydrogen (secondary N) is 1. The van der Waals surface area contributed by atoms with Crippen LogP contribution in [0.1, 0.15) is 31.9 Å². The minimum Gasteiger partial charge on any atom is -0.488 e. The van der Waals surface area contributed by atoms with Gasteiger partial charge in [-0.1, -0.05) is 41.9 Å². The van der Waals surface area contributed by atoms with Gasteiger partial charge in [-0.25, -0.2) is 9.67 Å². The second-order valence-electron chi connectivity index (χ2n) is 7.18. The predicted octanol–water partition coefficient (Wildman–Crippen LogP) is 5.49. The molecule has 0 aliphatic carbocycles. The number of para-hydroxylation sites is 1. The lowest BCUT2D eigenvalue weighted by Crippen LogP contribution is -2.12. The van der Waals surface area contributed by atoms with Crippen molar-refractivity contribution in [3.05, 3.63) is 92.4 Å². The second kappa shape index (κ2) is 9.32. The quantitative estimate of drug-likeness (QED) is 0.402. The van der Waals surface area contributed by atoms with E-state index in [-0.39, 0.29) is 11.9 Å². The highest BCUT2D eigenvalue weighted by atomic mass is 35.5. The van der Waals surface area contributed by atoms with E-state index < -0.39 is 0 Å². The predicted molar refractivity (Wildman–Crippen MR) is 123 cm³/mol. The highest BCUT2D eigenvalue weighted by molar-refractivity contribution is 7.12. The molecule has 0 bridgehead atoms. The number of hydrogen-bond donors (Lipinski definition) is 1. The minimum absolute atomic E-state index is 0.246. The molecule has 1 N–H and O–H groups in total. The van der Waals surface area contributed by atoms with E-state index in [0.29, 0.717) is 23.1 Å². The maximum Gasteiger partial charge on any atom is 0.268 e. The first-order chi connectivity index (χ1) is 15.0. The molecule has 4 rings (SSSR count). The third-order valence-corrected chi connectivity index (χ3v) is 5.88. The van der Waals surface area contributed by atoms with Gasteiger partial charge in [0, 0.05) is 10.6 Å². The number of aryl methyl sites for hydroxylation is 2. The molecule has 158 valence electrons. The van der Waals surface area contributed by atoms with Crippen LogP contribution in [0.2, 0.25) is 5.02 Å². The summed E-state index contributed by atoms with van der Waals surface area (Å²) in [6.45, 7) is 4.96. The maximum absolute atomic E-state index is 12.6. The summed E-state index contributed by atoms with van der Waals surface area (Å²) < 4.78 is 7.62. The van der Waals surface area contributed by atoms with E-state index in [2.05, 4.69) is 15.4 Å². The zero-order valence-corrected chi connectivity index (χ0v) is 18.7. The van der Waals surface area contributed by atoms with Gasteiger partial charge in [-0.05, 0) is 54.1 Å². The molecule has 0 unspecified atom stereocenters. The summed E-state index contributed by atoms with van der Waals surface area (Å²) in [5, 5.41) is 9.65. The molecule has 0 radical (unpaired) electrons. The van der Waals surface area contributed by atoms with Gasteiger partial charge in [0.15, 0.2) is 0 Å². The molecular weight excluding hydrogens is 432 g/mol. The van der Waals surface area contributed by atoms with Crippen LogP contribution < -0.4 is 10.1 Å². The lowest BCUT2D eigenvalue weighted by molar-refractivity contribution is 0.102. The van der Waals surface area contributed by atoms with Crippen LogP contribution in [0.15, 0.2) is 60.2 Å². The zero-order chi connectivity index (χ0) is 21.8. The molecular formula is C23H21ClN4O2S. The smallest absolute Gasteiger partial charge is 0.268 e. The van der Waals surface area contributed by atoms with Crippen molar-refractivity contribution in [3.63, 3.8) is 0 Å². The summed E-state index contributed by atoms with van der Waals surface area (Å²) in [6, 6.07) is 15.4. The summed E-state index contributed by atoms with van der Waals surface area (Å²) >= 11 is 7.38. The van der Waals surface area contributed by atoms with E-state index in [1.807, 2.05) is 67.8 Å². The number of anilines is 1. The number of thiophene rings is 1. The number of aromatic nitrogens is 3. The average molecular weight is 453 g/mol. The molecule has 0 saturated carbocycles. The van der Waals surface area contributed by atoms with Crippen LogP contribution in [0.5, 0.6) is 5.75 Å². The maximum atomic E-state index is 12.6. The van der Waals surface area contributed by atoms with Gasteiger partial charge in [0.1, 0.15) is 18.7 Å². The number of carbonyl (C=O) groups excluding carboxylic acids is 1. The molecule has 0 atom stereocenters. The fraction of sp³-hybridized carbons (Fsp3) is 0.174. The monoisotopic (exact) mass is 452 g/mol. The summed E-state index contributed by atoms with van der Waals surface area (Å²) in [5.41, 5.74) is 4.12. The number of nitrogens with zero attached hydrogens (tertiary/aromatic N) is 3. The highest BCUT2D eigenvalue weighted by Gasteiger charge is 2.13. The molecule has 0 aliphatic heterocycles. The summed E-state index contributed by atoms with van der Waals surface area (Å²) in [4.78, 5) is 17.3. The second-order valence-corrected chi connectivity index (χ2v) is 8.53. The van der Waals surface area contributed by atoms with Gasteiger partial charge in [-0.15, -0.1) is 16.4 Å². The number of ether oxygens (including phenoxy) is 1. The minimum atomic E-state index is -0.246. The van der Waals surface area contributed by atoms with Crippen molar-refractivity contribution in [1.29, 1.82) is 0 Å². The lowest BCUT2D eigenvalue weighted by atomic mass is 10.1. The average Bonchev–Trinajstić information content (AvgIpc) is 3.37. The van der Waals surface area contributed by atoms with Gasteiger partial charge in [-0.2, -0.15) is 0 Å². The van der Waals surface area contributed by atoms with Gasteiger partial charge in [0.2, 0.25) is 5.95 Å². The van der Waals surface area contributed by atoms with Gasteiger partial charge in [0.25, 0.3) is 5.91 Å². The standard InChI is InChI=1S/C23H21ClN4O2S/c1-15-5-3-6-16(2)21(15)30-12-18-10-20(31-13-18)22(29)26-23-25-14-28(27-23)11-17-7-4-8-19(24)9-17/h3-10,13-14H,11-12H2,1-2H3,(H,26,27,29). The van der Waals surface area contributed by atoms with Crippen molar-refractivity contribution < 1.29 is 9.53 Å². The van der Waals surface area contributed by atoms with E-state index in [1.165, 1.54) is 11.3 Å². The molecule has 0 saturated heterocycles. The van der Waals surface area contributed by atoms with Crippen LogP contribution in [0, 0.1) is 13.8 Å². The fourth-order valence-electron chi connectivity index (χ4n) is 3.17. The topological polar surface area (TPSA) is 69.0 Å². The Bertz CT molecular complexity index is 1200. The molecule has 4 aromatic rings. The number of amides is 1. The summed E-state index contributed by atoms with van der Waals surface area (Å²) in [7, 11) is 0. The first-order valence-corrected chi connectivity index (χ1v) is 11.0. The zero-order valence-electron chi connectivity index (χ0n) is 17.1. The van der Waals surface area contributed by atoms with Crippen LogP contribution >= 0.6 is 22.9 Å². The van der Waals surface area contributed by atoms with Crippen molar-refractivity contribution >= 4 is 34.8 Å². The van der Waals surface area contributed by atoms with Crippen LogP contribution in [0.25, 0.3) is 0 Å². The van der Waals surface area contributed by atoms with E-state index >= 15 is 0 Å². The van der Waals surface area contributed by atoms with Crippen LogP contribution in [0.4, 0.5) is 5.95 Å². The van der Waals surface area contributed by atoms with Crippen molar-refractivity contribution in [1.82, 2.24) is 14.8 Å². The normalized spacial score (nSPS) is 10.8. The van der Waals surface area contributed by atoms with Crippen molar-refractivity contribution in [2.24, 2.45) is 0 Å². The van der Waals surface area contributed by atoms with Crippen LogP contribution in [-0.4, -0.2) is 20.7 Å². The first kappa shape index (κ1) is 21.1.